The second kappa shape index (κ2) is 11.8. The smallest absolute Gasteiger partial charge is 0.322 e. The van der Waals surface area contributed by atoms with Crippen molar-refractivity contribution < 1.29 is 34.2 Å². The molecule has 0 spiro atoms. The molecule has 184 valence electrons. The van der Waals surface area contributed by atoms with E-state index in [0.717, 1.165) is 16.5 Å². The number of carbonyl (C=O) groups is 5. The predicted octanol–water partition coefficient (Wildman–Crippen LogP) is -2.54. The van der Waals surface area contributed by atoms with Crippen LogP contribution in [-0.4, -0.2) is 75.6 Å². The van der Waals surface area contributed by atoms with E-state index < -0.39 is 66.8 Å². The summed E-state index contributed by atoms with van der Waals surface area (Å²) in [6.07, 6.45) is -0.157. The maximum Gasteiger partial charge on any atom is 0.322 e. The Morgan fingerprint density at radius 2 is 1.74 bits per heavy atom. The van der Waals surface area contributed by atoms with Crippen LogP contribution in [0, 0.1) is 0 Å². The second-order valence-electron chi connectivity index (χ2n) is 7.74. The highest BCUT2D eigenvalue weighted by Gasteiger charge is 2.31. The number of benzene rings is 1. The summed E-state index contributed by atoms with van der Waals surface area (Å²) in [6.45, 7) is 0.464. The van der Waals surface area contributed by atoms with E-state index in [9.17, 15) is 29.1 Å². The molecular weight excluding hydrogens is 448 g/mol. The number of rotatable bonds is 12. The first-order valence-electron chi connectivity index (χ1n) is 10.4. The van der Waals surface area contributed by atoms with Crippen LogP contribution in [0.15, 0.2) is 30.5 Å². The molecule has 0 fully saturated rings. The standard InChI is InChI=1S/C21H28N6O7/c1-10(28)18(21(34)25-9-17(30)31)27-20(33)15(7-16(23)29)26-19(32)13(22)6-11-8-24-14-5-3-2-4-12(11)14/h2-5,8,10,13,15,18,24,28H,6-7,9,22H2,1H3,(H2,23,29)(H,25,34)(H,26,32)(H,27,33)(H,30,31). The maximum atomic E-state index is 12.7. The quantitative estimate of drug-likeness (QED) is 0.162. The Bertz CT molecular complexity index is 1070. The highest BCUT2D eigenvalue weighted by molar-refractivity contribution is 5.96. The summed E-state index contributed by atoms with van der Waals surface area (Å²) in [7, 11) is 0. The number of nitrogens with two attached hydrogens (primary N) is 2. The second-order valence-corrected chi connectivity index (χ2v) is 7.74. The number of aromatic amines is 1. The van der Waals surface area contributed by atoms with Crippen molar-refractivity contribution in [1.82, 2.24) is 20.9 Å². The van der Waals surface area contributed by atoms with Crippen molar-refractivity contribution in [2.75, 3.05) is 6.54 Å². The minimum absolute atomic E-state index is 0.134. The zero-order valence-corrected chi connectivity index (χ0v) is 18.4. The molecule has 0 radical (unpaired) electrons. The third-order valence-corrected chi connectivity index (χ3v) is 4.97. The van der Waals surface area contributed by atoms with Gasteiger partial charge < -0.3 is 42.6 Å². The van der Waals surface area contributed by atoms with Crippen molar-refractivity contribution in [3.63, 3.8) is 0 Å². The van der Waals surface area contributed by atoms with E-state index in [1.165, 1.54) is 6.92 Å². The van der Waals surface area contributed by atoms with Gasteiger partial charge in [-0.25, -0.2) is 0 Å². The van der Waals surface area contributed by atoms with Gasteiger partial charge in [-0.2, -0.15) is 0 Å². The number of primary amides is 1. The van der Waals surface area contributed by atoms with Crippen molar-refractivity contribution in [1.29, 1.82) is 0 Å². The zero-order chi connectivity index (χ0) is 25.4. The first-order chi connectivity index (χ1) is 16.0. The number of nitrogens with one attached hydrogen (secondary N) is 4. The molecule has 13 nitrogen and oxygen atoms in total. The van der Waals surface area contributed by atoms with Gasteiger partial charge in [-0.3, -0.25) is 24.0 Å². The average molecular weight is 476 g/mol. The highest BCUT2D eigenvalue weighted by atomic mass is 16.4. The van der Waals surface area contributed by atoms with Gasteiger partial charge in [0.2, 0.25) is 23.6 Å². The number of aliphatic hydroxyl groups excluding tert-OH is 1. The lowest BCUT2D eigenvalue weighted by Crippen LogP contribution is -2.59. The van der Waals surface area contributed by atoms with Crippen LogP contribution in [0.5, 0.6) is 0 Å². The van der Waals surface area contributed by atoms with Crippen molar-refractivity contribution in [2.24, 2.45) is 11.5 Å². The molecule has 34 heavy (non-hydrogen) atoms. The highest BCUT2D eigenvalue weighted by Crippen LogP contribution is 2.18. The van der Waals surface area contributed by atoms with Crippen LogP contribution < -0.4 is 27.4 Å². The SMILES string of the molecule is CC(O)C(NC(=O)C(CC(N)=O)NC(=O)C(N)Cc1c[nH]c2ccccc12)C(=O)NCC(=O)O. The van der Waals surface area contributed by atoms with E-state index in [-0.39, 0.29) is 6.42 Å². The number of aromatic nitrogens is 1. The fraction of sp³-hybridized carbons (Fsp3) is 0.381. The van der Waals surface area contributed by atoms with Crippen molar-refractivity contribution in [3.8, 4) is 0 Å². The number of hydrogen-bond acceptors (Lipinski definition) is 7. The summed E-state index contributed by atoms with van der Waals surface area (Å²) < 4.78 is 0. The van der Waals surface area contributed by atoms with E-state index >= 15 is 0 Å². The van der Waals surface area contributed by atoms with Crippen LogP contribution in [0.3, 0.4) is 0 Å². The van der Waals surface area contributed by atoms with Crippen molar-refractivity contribution in [2.45, 2.75) is 44.0 Å². The molecule has 0 aliphatic rings. The number of fused-ring (bicyclic) bond motifs is 1. The topological polar surface area (TPSA) is 230 Å². The molecule has 0 aliphatic heterocycles. The van der Waals surface area contributed by atoms with Gasteiger partial charge in [-0.15, -0.1) is 0 Å². The lowest BCUT2D eigenvalue weighted by atomic mass is 10.0. The van der Waals surface area contributed by atoms with Gasteiger partial charge >= 0.3 is 5.97 Å². The lowest BCUT2D eigenvalue weighted by molar-refractivity contribution is -0.139. The molecule has 4 amide bonds. The number of carboxylic acid groups (broad SMARTS) is 1. The molecule has 0 aliphatic carbocycles. The zero-order valence-electron chi connectivity index (χ0n) is 18.4. The normalized spacial score (nSPS) is 14.4. The van der Waals surface area contributed by atoms with Crippen LogP contribution >= 0.6 is 0 Å². The summed E-state index contributed by atoms with van der Waals surface area (Å²) in [5, 5.41) is 26.0. The largest absolute Gasteiger partial charge is 0.480 e. The Labute approximate surface area is 194 Å². The lowest BCUT2D eigenvalue weighted by Gasteiger charge is -2.24. The number of H-pyrrole nitrogens is 1. The predicted molar refractivity (Wildman–Crippen MR) is 120 cm³/mol. The number of carboxylic acids is 1. The number of carbonyl (C=O) groups excluding carboxylic acids is 4. The van der Waals surface area contributed by atoms with Gasteiger partial charge in [0.1, 0.15) is 18.6 Å². The molecule has 0 saturated heterocycles. The molecule has 4 unspecified atom stereocenters. The van der Waals surface area contributed by atoms with E-state index in [1.54, 1.807) is 6.20 Å². The Morgan fingerprint density at radius 1 is 1.06 bits per heavy atom. The van der Waals surface area contributed by atoms with Crippen molar-refractivity contribution >= 4 is 40.5 Å². The first kappa shape index (κ1) is 26.3. The van der Waals surface area contributed by atoms with E-state index in [2.05, 4.69) is 15.6 Å². The summed E-state index contributed by atoms with van der Waals surface area (Å²) >= 11 is 0. The third-order valence-electron chi connectivity index (χ3n) is 4.97. The number of hydrogen-bond donors (Lipinski definition) is 8. The maximum absolute atomic E-state index is 12.7. The van der Waals surface area contributed by atoms with Gasteiger partial charge in [-0.05, 0) is 25.0 Å². The Balaban J connectivity index is 2.08. The Morgan fingerprint density at radius 3 is 2.35 bits per heavy atom. The third kappa shape index (κ3) is 7.28. The van der Waals surface area contributed by atoms with Crippen LogP contribution in [0.25, 0.3) is 10.9 Å². The number of aliphatic carboxylic acids is 1. The van der Waals surface area contributed by atoms with Gasteiger partial charge in [0.05, 0.1) is 18.6 Å². The average Bonchev–Trinajstić information content (AvgIpc) is 3.17. The van der Waals surface area contributed by atoms with Crippen molar-refractivity contribution in [3.05, 3.63) is 36.0 Å². The fourth-order valence-electron chi connectivity index (χ4n) is 3.25. The molecule has 4 atom stereocenters. The van der Waals surface area contributed by atoms with Crippen LogP contribution in [0.1, 0.15) is 18.9 Å². The molecule has 1 aromatic carbocycles. The molecule has 1 heterocycles. The van der Waals surface area contributed by atoms with E-state index in [1.807, 2.05) is 29.6 Å². The molecule has 0 bridgehead atoms. The van der Waals surface area contributed by atoms with Crippen LogP contribution in [0.4, 0.5) is 0 Å². The van der Waals surface area contributed by atoms with E-state index in [4.69, 9.17) is 16.6 Å². The van der Waals surface area contributed by atoms with Gasteiger partial charge in [0, 0.05) is 17.1 Å². The van der Waals surface area contributed by atoms with E-state index in [0.29, 0.717) is 0 Å². The molecule has 0 saturated carbocycles. The minimum atomic E-state index is -1.54. The summed E-state index contributed by atoms with van der Waals surface area (Å²) in [5.74, 6) is -4.92. The molecule has 13 heteroatoms. The van der Waals surface area contributed by atoms with Gasteiger partial charge in [0.15, 0.2) is 0 Å². The number of amides is 4. The number of aliphatic hydroxyl groups is 1. The summed E-state index contributed by atoms with van der Waals surface area (Å²) in [6, 6.07) is 3.32. The first-order valence-corrected chi connectivity index (χ1v) is 10.4. The molecule has 1 aromatic heterocycles. The van der Waals surface area contributed by atoms with Crippen LogP contribution in [0.2, 0.25) is 0 Å². The van der Waals surface area contributed by atoms with Gasteiger partial charge in [-0.1, -0.05) is 18.2 Å². The Hall–Kier alpha value is -3.97. The van der Waals surface area contributed by atoms with Crippen LogP contribution in [-0.2, 0) is 30.4 Å². The molecule has 2 rings (SSSR count). The van der Waals surface area contributed by atoms with Gasteiger partial charge in [0.25, 0.3) is 0 Å². The fourth-order valence-corrected chi connectivity index (χ4v) is 3.25. The Kier molecular flexibility index (Phi) is 9.10. The summed E-state index contributed by atoms with van der Waals surface area (Å²) in [5.41, 5.74) is 12.8. The minimum Gasteiger partial charge on any atom is -0.480 e. The summed E-state index contributed by atoms with van der Waals surface area (Å²) in [4.78, 5) is 62.7. The molecular formula is C21H28N6O7. The monoisotopic (exact) mass is 476 g/mol. The molecule has 10 N–H and O–H groups in total. The number of para-hydroxylation sites is 1. The molecule has 2 aromatic rings.